The molecule has 0 spiro atoms. The molecule has 2 N–H and O–H groups in total. The first-order valence-electron chi connectivity index (χ1n) is 3.11. The number of hydrogen-bond acceptors (Lipinski definition) is 1. The Morgan fingerprint density at radius 2 is 2.00 bits per heavy atom. The molecule has 0 heterocycles. The van der Waals surface area contributed by atoms with E-state index in [1.807, 2.05) is 7.05 Å². The third-order valence-corrected chi connectivity index (χ3v) is 0.886. The fourth-order valence-electron chi connectivity index (χ4n) is 0.522. The van der Waals surface area contributed by atoms with Gasteiger partial charge in [-0.3, -0.25) is 4.99 Å². The second-order valence-electron chi connectivity index (χ2n) is 2.12. The molecule has 3 heteroatoms. The molecule has 0 unspecified atom stereocenters. The molecule has 0 atom stereocenters. The maximum Gasteiger partial charge on any atom is 0.190 e. The summed E-state index contributed by atoms with van der Waals surface area (Å²) in [5.41, 5.74) is 0. The van der Waals surface area contributed by atoms with Crippen LogP contribution in [-0.2, 0) is 0 Å². The van der Waals surface area contributed by atoms with Crippen molar-refractivity contribution in [1.82, 2.24) is 10.6 Å². The van der Waals surface area contributed by atoms with Crippen molar-refractivity contribution in [3.05, 3.63) is 0 Å². The second-order valence-corrected chi connectivity index (χ2v) is 2.12. The van der Waals surface area contributed by atoms with Gasteiger partial charge in [0.2, 0.25) is 0 Å². The minimum Gasteiger partial charge on any atom is -0.359 e. The lowest BCUT2D eigenvalue weighted by molar-refractivity contribution is 0.714. The summed E-state index contributed by atoms with van der Waals surface area (Å²) in [6, 6.07) is 0.441. The van der Waals surface area contributed by atoms with Gasteiger partial charge in [-0.2, -0.15) is 0 Å². The van der Waals surface area contributed by atoms with Crippen LogP contribution in [0, 0.1) is 0 Å². The third-order valence-electron chi connectivity index (χ3n) is 0.886. The molecule has 0 aromatic carbocycles. The average Bonchev–Trinajstić information content (AvgIpc) is 1.82. The summed E-state index contributed by atoms with van der Waals surface area (Å²) in [4.78, 5) is 3.94. The Bertz CT molecular complexity index is 96.5. The summed E-state index contributed by atoms with van der Waals surface area (Å²) < 4.78 is 0. The first kappa shape index (κ1) is 8.27. The zero-order chi connectivity index (χ0) is 7.28. The smallest absolute Gasteiger partial charge is 0.190 e. The van der Waals surface area contributed by atoms with Crippen LogP contribution in [0.25, 0.3) is 0 Å². The van der Waals surface area contributed by atoms with E-state index in [0.717, 1.165) is 5.96 Å². The van der Waals surface area contributed by atoms with E-state index in [1.165, 1.54) is 0 Å². The lowest BCUT2D eigenvalue weighted by atomic mass is 10.4. The Kier molecular flexibility index (Phi) is 3.84. The number of nitrogens with one attached hydrogen (secondary N) is 2. The lowest BCUT2D eigenvalue weighted by Gasteiger charge is -2.10. The third kappa shape index (κ3) is 3.82. The molecule has 9 heavy (non-hydrogen) atoms. The predicted octanol–water partition coefficient (Wildman–Crippen LogP) is 0.190. The molecule has 3 nitrogen and oxygen atoms in total. The number of rotatable bonds is 1. The summed E-state index contributed by atoms with van der Waals surface area (Å²) in [5, 5.41) is 6.04. The van der Waals surface area contributed by atoms with Crippen molar-refractivity contribution >= 4 is 5.96 Å². The van der Waals surface area contributed by atoms with Gasteiger partial charge in [-0.15, -0.1) is 0 Å². The topological polar surface area (TPSA) is 36.4 Å². The van der Waals surface area contributed by atoms with Crippen molar-refractivity contribution < 1.29 is 0 Å². The van der Waals surface area contributed by atoms with Gasteiger partial charge >= 0.3 is 0 Å². The van der Waals surface area contributed by atoms with Gasteiger partial charge in [-0.1, -0.05) is 0 Å². The van der Waals surface area contributed by atoms with Crippen LogP contribution >= 0.6 is 0 Å². The lowest BCUT2D eigenvalue weighted by Crippen LogP contribution is -2.38. The second kappa shape index (κ2) is 4.18. The van der Waals surface area contributed by atoms with Gasteiger partial charge in [0.05, 0.1) is 0 Å². The maximum absolute atomic E-state index is 3.94. The molecule has 0 saturated carbocycles. The number of aliphatic imine (C=N–C) groups is 1. The van der Waals surface area contributed by atoms with E-state index in [-0.39, 0.29) is 0 Å². The molecule has 0 aromatic heterocycles. The maximum atomic E-state index is 3.94. The van der Waals surface area contributed by atoms with E-state index in [9.17, 15) is 0 Å². The van der Waals surface area contributed by atoms with Crippen LogP contribution < -0.4 is 10.6 Å². The van der Waals surface area contributed by atoms with Crippen LogP contribution in [0.5, 0.6) is 0 Å². The monoisotopic (exact) mass is 129 g/mol. The largest absolute Gasteiger partial charge is 0.359 e. The molecule has 0 radical (unpaired) electrons. The molecule has 54 valence electrons. The molecule has 0 aliphatic heterocycles. The zero-order valence-corrected chi connectivity index (χ0v) is 6.52. The van der Waals surface area contributed by atoms with Gasteiger partial charge in [0.15, 0.2) is 5.96 Å². The van der Waals surface area contributed by atoms with Gasteiger partial charge in [0.25, 0.3) is 0 Å². The quantitative estimate of drug-likeness (QED) is 0.391. The van der Waals surface area contributed by atoms with Gasteiger partial charge in [0.1, 0.15) is 0 Å². The number of nitrogens with zero attached hydrogens (tertiary/aromatic N) is 1. The molecule has 0 aromatic rings. The Labute approximate surface area is 56.6 Å². The molecular formula is C6H15N3. The van der Waals surface area contributed by atoms with E-state index >= 15 is 0 Å². The fraction of sp³-hybridized carbons (Fsp3) is 0.833. The number of hydrogen-bond donors (Lipinski definition) is 2. The summed E-state index contributed by atoms with van der Waals surface area (Å²) in [5.74, 6) is 0.838. The molecule has 0 aliphatic rings. The molecule has 0 rings (SSSR count). The van der Waals surface area contributed by atoms with Gasteiger partial charge in [-0.05, 0) is 13.8 Å². The standard InChI is InChI=1S/C6H15N3/c1-5(2)9-6(7-3)8-4/h5H,1-4H3,(H2,7,8,9). The molecule has 0 saturated heterocycles. The summed E-state index contributed by atoms with van der Waals surface area (Å²) in [7, 11) is 3.60. The Morgan fingerprint density at radius 1 is 1.44 bits per heavy atom. The van der Waals surface area contributed by atoms with Crippen molar-refractivity contribution in [3.8, 4) is 0 Å². The van der Waals surface area contributed by atoms with Crippen LogP contribution in [0.4, 0.5) is 0 Å². The molecule has 0 bridgehead atoms. The highest BCUT2D eigenvalue weighted by atomic mass is 15.2. The summed E-state index contributed by atoms with van der Waals surface area (Å²) in [6.45, 7) is 4.14. The van der Waals surface area contributed by atoms with Crippen LogP contribution in [0.2, 0.25) is 0 Å². The summed E-state index contributed by atoms with van der Waals surface area (Å²) in [6.07, 6.45) is 0. The molecule has 0 amide bonds. The SMILES string of the molecule is CN=C(NC)NC(C)C. The van der Waals surface area contributed by atoms with Crippen LogP contribution in [0.1, 0.15) is 13.8 Å². The highest BCUT2D eigenvalue weighted by Crippen LogP contribution is 1.74. The Hall–Kier alpha value is -0.730. The average molecular weight is 129 g/mol. The first-order valence-corrected chi connectivity index (χ1v) is 3.11. The van der Waals surface area contributed by atoms with E-state index in [2.05, 4.69) is 29.5 Å². The summed E-state index contributed by atoms with van der Waals surface area (Å²) >= 11 is 0. The highest BCUT2D eigenvalue weighted by molar-refractivity contribution is 5.79. The predicted molar refractivity (Wildman–Crippen MR) is 40.7 cm³/mol. The van der Waals surface area contributed by atoms with Crippen LogP contribution in [0.3, 0.4) is 0 Å². The van der Waals surface area contributed by atoms with Crippen LogP contribution in [0.15, 0.2) is 4.99 Å². The van der Waals surface area contributed by atoms with E-state index in [4.69, 9.17) is 0 Å². The first-order chi connectivity index (χ1) is 4.20. The van der Waals surface area contributed by atoms with Gasteiger partial charge in [-0.25, -0.2) is 0 Å². The normalized spacial score (nSPS) is 11.9. The molecular weight excluding hydrogens is 114 g/mol. The fourth-order valence-corrected chi connectivity index (χ4v) is 0.522. The van der Waals surface area contributed by atoms with Gasteiger partial charge < -0.3 is 10.6 Å². The van der Waals surface area contributed by atoms with Crippen molar-refractivity contribution in [2.45, 2.75) is 19.9 Å². The molecule has 0 aliphatic carbocycles. The van der Waals surface area contributed by atoms with E-state index in [0.29, 0.717) is 6.04 Å². The van der Waals surface area contributed by atoms with Crippen molar-refractivity contribution in [2.75, 3.05) is 14.1 Å². The van der Waals surface area contributed by atoms with Crippen molar-refractivity contribution in [1.29, 1.82) is 0 Å². The zero-order valence-electron chi connectivity index (χ0n) is 6.52. The van der Waals surface area contributed by atoms with E-state index < -0.39 is 0 Å². The van der Waals surface area contributed by atoms with Crippen LogP contribution in [-0.4, -0.2) is 26.1 Å². The van der Waals surface area contributed by atoms with Crippen molar-refractivity contribution in [2.24, 2.45) is 4.99 Å². The number of guanidine groups is 1. The Balaban J connectivity index is 3.58. The van der Waals surface area contributed by atoms with Crippen molar-refractivity contribution in [3.63, 3.8) is 0 Å². The van der Waals surface area contributed by atoms with Gasteiger partial charge in [0, 0.05) is 20.1 Å². The minimum atomic E-state index is 0.441. The molecule has 0 fully saturated rings. The minimum absolute atomic E-state index is 0.441. The van der Waals surface area contributed by atoms with E-state index in [1.54, 1.807) is 7.05 Å². The Morgan fingerprint density at radius 3 is 2.11 bits per heavy atom. The highest BCUT2D eigenvalue weighted by Gasteiger charge is 1.93.